The van der Waals surface area contributed by atoms with Gasteiger partial charge >= 0.3 is 0 Å². The number of non-ortho nitro benzene ring substituents is 1. The first-order valence-corrected chi connectivity index (χ1v) is 9.10. The van der Waals surface area contributed by atoms with Gasteiger partial charge in [-0.25, -0.2) is 4.98 Å². The summed E-state index contributed by atoms with van der Waals surface area (Å²) in [5.41, 5.74) is 1.59. The van der Waals surface area contributed by atoms with Crippen LogP contribution in [-0.4, -0.2) is 22.4 Å². The van der Waals surface area contributed by atoms with E-state index in [9.17, 15) is 14.9 Å². The maximum absolute atomic E-state index is 12.8. The standard InChI is InChI=1S/C19H17N3O4S/c1-14-13-27-19(20-14)21(15-5-3-2-4-6-15)18(23)11-12-26-17-9-7-16(8-10-17)22(24)25/h2-10,13H,11-12H2,1H3. The highest BCUT2D eigenvalue weighted by atomic mass is 32.1. The fourth-order valence-electron chi connectivity index (χ4n) is 2.41. The second-order valence-corrected chi connectivity index (χ2v) is 6.52. The molecule has 3 aromatic rings. The minimum Gasteiger partial charge on any atom is -0.493 e. The molecule has 8 heteroatoms. The number of aryl methyl sites for hydroxylation is 1. The first-order chi connectivity index (χ1) is 13.0. The van der Waals surface area contributed by atoms with Gasteiger partial charge in [-0.05, 0) is 31.2 Å². The Morgan fingerprint density at radius 2 is 1.89 bits per heavy atom. The minimum absolute atomic E-state index is 0.00665. The Bertz CT molecular complexity index is 926. The fourth-order valence-corrected chi connectivity index (χ4v) is 3.25. The highest BCUT2D eigenvalue weighted by molar-refractivity contribution is 7.14. The fraction of sp³-hybridized carbons (Fsp3) is 0.158. The molecule has 27 heavy (non-hydrogen) atoms. The number of ether oxygens (including phenoxy) is 1. The number of aromatic nitrogens is 1. The number of hydrogen-bond acceptors (Lipinski definition) is 6. The number of anilines is 2. The molecule has 0 N–H and O–H groups in total. The van der Waals surface area contributed by atoms with Crippen LogP contribution < -0.4 is 9.64 Å². The Morgan fingerprint density at radius 3 is 2.48 bits per heavy atom. The molecule has 0 bridgehead atoms. The van der Waals surface area contributed by atoms with Crippen LogP contribution in [0, 0.1) is 17.0 Å². The topological polar surface area (TPSA) is 85.6 Å². The Morgan fingerprint density at radius 1 is 1.19 bits per heavy atom. The molecule has 0 aliphatic heterocycles. The van der Waals surface area contributed by atoms with Gasteiger partial charge in [-0.15, -0.1) is 11.3 Å². The van der Waals surface area contributed by atoms with Gasteiger partial charge in [0.1, 0.15) is 5.75 Å². The summed E-state index contributed by atoms with van der Waals surface area (Å²) in [4.78, 5) is 29.0. The van der Waals surface area contributed by atoms with Gasteiger partial charge in [0.05, 0.1) is 29.3 Å². The molecular weight excluding hydrogens is 366 g/mol. The molecule has 0 spiro atoms. The first kappa shape index (κ1) is 18.5. The lowest BCUT2D eigenvalue weighted by Crippen LogP contribution is -2.27. The van der Waals surface area contributed by atoms with E-state index in [0.717, 1.165) is 11.4 Å². The molecule has 7 nitrogen and oxygen atoms in total. The molecule has 1 amide bonds. The Labute approximate surface area is 160 Å². The molecule has 0 saturated heterocycles. The number of nitro groups is 1. The van der Waals surface area contributed by atoms with E-state index in [1.54, 1.807) is 4.90 Å². The van der Waals surface area contributed by atoms with Gasteiger partial charge in [0.2, 0.25) is 5.91 Å². The van der Waals surface area contributed by atoms with Crippen LogP contribution >= 0.6 is 11.3 Å². The number of para-hydroxylation sites is 1. The summed E-state index contributed by atoms with van der Waals surface area (Å²) >= 11 is 1.40. The monoisotopic (exact) mass is 383 g/mol. The van der Waals surface area contributed by atoms with Crippen LogP contribution in [0.2, 0.25) is 0 Å². The number of carbonyl (C=O) groups is 1. The smallest absolute Gasteiger partial charge is 0.269 e. The van der Waals surface area contributed by atoms with Crippen molar-refractivity contribution in [3.05, 3.63) is 75.8 Å². The van der Waals surface area contributed by atoms with Crippen molar-refractivity contribution < 1.29 is 14.5 Å². The van der Waals surface area contributed by atoms with Gasteiger partial charge in [-0.3, -0.25) is 19.8 Å². The second kappa shape index (κ2) is 8.41. The Kier molecular flexibility index (Phi) is 5.77. The number of carbonyl (C=O) groups excluding carboxylic acids is 1. The zero-order valence-electron chi connectivity index (χ0n) is 14.6. The van der Waals surface area contributed by atoms with E-state index in [1.807, 2.05) is 42.6 Å². The summed E-state index contributed by atoms with van der Waals surface area (Å²) in [6.45, 7) is 2.04. The molecular formula is C19H17N3O4S. The second-order valence-electron chi connectivity index (χ2n) is 5.69. The number of nitro benzene ring substituents is 1. The molecule has 138 valence electrons. The van der Waals surface area contributed by atoms with Crippen molar-refractivity contribution in [2.75, 3.05) is 11.5 Å². The van der Waals surface area contributed by atoms with Crippen LogP contribution in [0.25, 0.3) is 0 Å². The highest BCUT2D eigenvalue weighted by Crippen LogP contribution is 2.29. The van der Waals surface area contributed by atoms with Gasteiger partial charge < -0.3 is 4.74 Å². The largest absolute Gasteiger partial charge is 0.493 e. The maximum atomic E-state index is 12.8. The molecule has 3 rings (SSSR count). The minimum atomic E-state index is -0.471. The molecule has 2 aromatic carbocycles. The maximum Gasteiger partial charge on any atom is 0.269 e. The van der Waals surface area contributed by atoms with Crippen LogP contribution in [0.4, 0.5) is 16.5 Å². The average Bonchev–Trinajstić information content (AvgIpc) is 3.09. The molecule has 0 radical (unpaired) electrons. The van der Waals surface area contributed by atoms with Gasteiger partial charge in [0.15, 0.2) is 5.13 Å². The summed E-state index contributed by atoms with van der Waals surface area (Å²) < 4.78 is 5.55. The number of nitrogens with zero attached hydrogens (tertiary/aromatic N) is 3. The number of benzene rings is 2. The zero-order chi connectivity index (χ0) is 19.2. The SMILES string of the molecule is Cc1csc(N(C(=O)CCOc2ccc([N+](=O)[O-])cc2)c2ccccc2)n1. The molecule has 0 unspecified atom stereocenters. The van der Waals surface area contributed by atoms with Gasteiger partial charge in [-0.2, -0.15) is 0 Å². The highest BCUT2D eigenvalue weighted by Gasteiger charge is 2.20. The van der Waals surface area contributed by atoms with E-state index in [0.29, 0.717) is 10.9 Å². The molecule has 0 aliphatic carbocycles. The van der Waals surface area contributed by atoms with E-state index in [2.05, 4.69) is 4.98 Å². The van der Waals surface area contributed by atoms with Crippen molar-refractivity contribution in [1.29, 1.82) is 0 Å². The third-order valence-electron chi connectivity index (χ3n) is 3.69. The van der Waals surface area contributed by atoms with Crippen LogP contribution in [0.15, 0.2) is 60.0 Å². The number of rotatable bonds is 7. The predicted molar refractivity (Wildman–Crippen MR) is 104 cm³/mol. The van der Waals surface area contributed by atoms with Crippen molar-refractivity contribution in [2.45, 2.75) is 13.3 Å². The van der Waals surface area contributed by atoms with E-state index >= 15 is 0 Å². The molecule has 0 atom stereocenters. The van der Waals surface area contributed by atoms with E-state index in [4.69, 9.17) is 4.74 Å². The van der Waals surface area contributed by atoms with Gasteiger partial charge in [0.25, 0.3) is 5.69 Å². The van der Waals surface area contributed by atoms with Crippen molar-refractivity contribution in [3.63, 3.8) is 0 Å². The molecule has 0 fully saturated rings. The molecule has 0 aliphatic rings. The van der Waals surface area contributed by atoms with E-state index in [-0.39, 0.29) is 24.6 Å². The number of thiazole rings is 1. The van der Waals surface area contributed by atoms with Crippen molar-refractivity contribution in [1.82, 2.24) is 4.98 Å². The molecule has 1 heterocycles. The van der Waals surface area contributed by atoms with Crippen LogP contribution in [0.1, 0.15) is 12.1 Å². The third-order valence-corrected chi connectivity index (χ3v) is 4.64. The lowest BCUT2D eigenvalue weighted by Gasteiger charge is -2.20. The number of hydrogen-bond donors (Lipinski definition) is 0. The normalized spacial score (nSPS) is 10.4. The molecule has 1 aromatic heterocycles. The van der Waals surface area contributed by atoms with Crippen LogP contribution in [-0.2, 0) is 4.79 Å². The van der Waals surface area contributed by atoms with Gasteiger partial charge in [0, 0.05) is 17.5 Å². The third kappa shape index (κ3) is 4.68. The summed E-state index contributed by atoms with van der Waals surface area (Å²) in [5, 5.41) is 13.2. The predicted octanol–water partition coefficient (Wildman–Crippen LogP) is 4.49. The Balaban J connectivity index is 1.67. The zero-order valence-corrected chi connectivity index (χ0v) is 15.4. The summed E-state index contributed by atoms with van der Waals surface area (Å²) in [6.07, 6.45) is 0.143. The Hall–Kier alpha value is -3.26. The lowest BCUT2D eigenvalue weighted by molar-refractivity contribution is -0.384. The van der Waals surface area contributed by atoms with E-state index < -0.39 is 4.92 Å². The van der Waals surface area contributed by atoms with Crippen LogP contribution in [0.3, 0.4) is 0 Å². The van der Waals surface area contributed by atoms with E-state index in [1.165, 1.54) is 35.6 Å². The van der Waals surface area contributed by atoms with Crippen molar-refractivity contribution in [2.24, 2.45) is 0 Å². The summed E-state index contributed by atoms with van der Waals surface area (Å²) in [5.74, 6) is 0.335. The molecule has 0 saturated carbocycles. The number of amides is 1. The summed E-state index contributed by atoms with van der Waals surface area (Å²) in [6, 6.07) is 15.1. The summed E-state index contributed by atoms with van der Waals surface area (Å²) in [7, 11) is 0. The average molecular weight is 383 g/mol. The first-order valence-electron chi connectivity index (χ1n) is 8.22. The van der Waals surface area contributed by atoms with Crippen LogP contribution in [0.5, 0.6) is 5.75 Å². The van der Waals surface area contributed by atoms with Gasteiger partial charge in [-0.1, -0.05) is 18.2 Å². The van der Waals surface area contributed by atoms with Crippen molar-refractivity contribution >= 4 is 33.8 Å². The van der Waals surface area contributed by atoms with Crippen molar-refractivity contribution in [3.8, 4) is 5.75 Å². The lowest BCUT2D eigenvalue weighted by atomic mass is 10.2. The quantitative estimate of drug-likeness (QED) is 0.443.